The number of piperidine rings is 1. The molecule has 0 N–H and O–H groups in total. The van der Waals surface area contributed by atoms with Gasteiger partial charge in [-0.05, 0) is 78.9 Å². The van der Waals surface area contributed by atoms with E-state index in [1.165, 1.54) is 28.6 Å². The van der Waals surface area contributed by atoms with E-state index in [0.717, 1.165) is 0 Å². The number of nitrogens with zero attached hydrogens (tertiary/aromatic N) is 4. The Morgan fingerprint density at radius 1 is 1.12 bits per heavy atom. The Kier molecular flexibility index (Phi) is 6.70. The maximum atomic E-state index is 13.8. The molecular formula is C28H27F3N4O4S. The largest absolute Gasteiger partial charge is 0.433 e. The van der Waals surface area contributed by atoms with Crippen LogP contribution in [0.25, 0.3) is 11.8 Å². The molecule has 3 aromatic rings. The SMILES string of the molecule is O=C(OCF)[C@]12Cc3cnn(-c4ccc(F)cc4)c3C=C1CCN(S(=O)(=O)c1cccc(N3CC[C@@H](F)C3)c1)C2. The van der Waals surface area contributed by atoms with Gasteiger partial charge in [-0.3, -0.25) is 4.79 Å². The van der Waals surface area contributed by atoms with Crippen molar-refractivity contribution in [1.82, 2.24) is 14.1 Å². The fourth-order valence-corrected chi connectivity index (χ4v) is 7.45. The smallest absolute Gasteiger partial charge is 0.320 e. The van der Waals surface area contributed by atoms with Crippen LogP contribution in [0.5, 0.6) is 0 Å². The first-order valence-corrected chi connectivity index (χ1v) is 14.4. The second kappa shape index (κ2) is 10.1. The first-order valence-electron chi connectivity index (χ1n) is 13.0. The third-order valence-electron chi connectivity index (χ3n) is 7.98. The highest BCUT2D eigenvalue weighted by Crippen LogP contribution is 2.46. The van der Waals surface area contributed by atoms with Crippen LogP contribution in [0, 0.1) is 11.2 Å². The van der Waals surface area contributed by atoms with E-state index in [1.807, 2.05) is 4.90 Å². The lowest BCUT2D eigenvalue weighted by atomic mass is 9.69. The number of ether oxygens (including phenoxy) is 1. The highest BCUT2D eigenvalue weighted by atomic mass is 32.2. The second-order valence-electron chi connectivity index (χ2n) is 10.3. The molecule has 0 spiro atoms. The molecule has 0 saturated carbocycles. The molecule has 12 heteroatoms. The van der Waals surface area contributed by atoms with Crippen LogP contribution in [0.15, 0.2) is 65.2 Å². The summed E-state index contributed by atoms with van der Waals surface area (Å²) in [5, 5.41) is 4.42. The minimum atomic E-state index is -4.06. The van der Waals surface area contributed by atoms with E-state index < -0.39 is 34.4 Å². The van der Waals surface area contributed by atoms with Crippen molar-refractivity contribution < 1.29 is 31.1 Å². The Labute approximate surface area is 229 Å². The molecule has 0 bridgehead atoms. The maximum Gasteiger partial charge on any atom is 0.320 e. The van der Waals surface area contributed by atoms with Gasteiger partial charge in [-0.15, -0.1) is 0 Å². The lowest BCUT2D eigenvalue weighted by Gasteiger charge is -2.43. The molecule has 0 unspecified atom stereocenters. The zero-order valence-corrected chi connectivity index (χ0v) is 22.3. The van der Waals surface area contributed by atoms with Crippen molar-refractivity contribution in [1.29, 1.82) is 0 Å². The molecule has 2 saturated heterocycles. The van der Waals surface area contributed by atoms with Crippen molar-refractivity contribution in [2.24, 2.45) is 5.41 Å². The van der Waals surface area contributed by atoms with E-state index in [2.05, 4.69) is 5.10 Å². The molecule has 210 valence electrons. The van der Waals surface area contributed by atoms with Crippen LogP contribution in [-0.4, -0.2) is 67.7 Å². The molecule has 1 aliphatic carbocycles. The average Bonchev–Trinajstić information content (AvgIpc) is 3.58. The van der Waals surface area contributed by atoms with E-state index >= 15 is 0 Å². The Morgan fingerprint density at radius 2 is 1.93 bits per heavy atom. The van der Waals surface area contributed by atoms with Gasteiger partial charge in [-0.2, -0.15) is 9.40 Å². The van der Waals surface area contributed by atoms with Crippen molar-refractivity contribution in [3.63, 3.8) is 0 Å². The molecule has 6 rings (SSSR count). The number of hydrogen-bond acceptors (Lipinski definition) is 6. The van der Waals surface area contributed by atoms with E-state index in [9.17, 15) is 26.4 Å². The summed E-state index contributed by atoms with van der Waals surface area (Å²) < 4.78 is 75.9. The molecule has 0 amide bonds. The maximum absolute atomic E-state index is 13.8. The Morgan fingerprint density at radius 3 is 2.65 bits per heavy atom. The molecule has 40 heavy (non-hydrogen) atoms. The normalized spacial score (nSPS) is 22.9. The van der Waals surface area contributed by atoms with Crippen LogP contribution in [0.2, 0.25) is 0 Å². The van der Waals surface area contributed by atoms with Crippen molar-refractivity contribution in [2.75, 3.05) is 37.9 Å². The second-order valence-corrected chi connectivity index (χ2v) is 12.3. The summed E-state index contributed by atoms with van der Waals surface area (Å²) in [6.45, 7) is -0.779. The monoisotopic (exact) mass is 572 g/mol. The number of carbonyl (C=O) groups excluding carboxylic acids is 1. The summed E-state index contributed by atoms with van der Waals surface area (Å²) in [6, 6.07) is 12.2. The number of esters is 1. The van der Waals surface area contributed by atoms with Crippen molar-refractivity contribution in [2.45, 2.75) is 30.3 Å². The molecule has 3 heterocycles. The van der Waals surface area contributed by atoms with E-state index in [0.29, 0.717) is 41.2 Å². The summed E-state index contributed by atoms with van der Waals surface area (Å²) in [5.41, 5.74) is 1.76. The van der Waals surface area contributed by atoms with Crippen molar-refractivity contribution in [3.05, 3.63) is 77.4 Å². The predicted molar refractivity (Wildman–Crippen MR) is 141 cm³/mol. The van der Waals surface area contributed by atoms with Gasteiger partial charge in [0.05, 0.1) is 22.5 Å². The summed E-state index contributed by atoms with van der Waals surface area (Å²) in [7, 11) is -4.06. The number of carbonyl (C=O) groups is 1. The minimum Gasteiger partial charge on any atom is -0.433 e. The highest BCUT2D eigenvalue weighted by molar-refractivity contribution is 7.89. The van der Waals surface area contributed by atoms with E-state index in [1.54, 1.807) is 41.2 Å². The number of hydrogen-bond donors (Lipinski definition) is 0. The van der Waals surface area contributed by atoms with Gasteiger partial charge in [0.2, 0.25) is 16.9 Å². The highest BCUT2D eigenvalue weighted by Gasteiger charge is 2.52. The summed E-state index contributed by atoms with van der Waals surface area (Å²) in [5.74, 6) is -1.23. The predicted octanol–water partition coefficient (Wildman–Crippen LogP) is 4.05. The molecule has 2 aromatic carbocycles. The molecule has 1 aromatic heterocycles. The average molecular weight is 573 g/mol. The number of halogens is 3. The van der Waals surface area contributed by atoms with Crippen LogP contribution < -0.4 is 4.90 Å². The van der Waals surface area contributed by atoms with Crippen LogP contribution in [0.3, 0.4) is 0 Å². The van der Waals surface area contributed by atoms with Gasteiger partial charge in [0.15, 0.2) is 0 Å². The number of aromatic nitrogens is 2. The third kappa shape index (κ3) is 4.48. The number of anilines is 1. The van der Waals surface area contributed by atoms with Crippen LogP contribution in [0.4, 0.5) is 18.9 Å². The van der Waals surface area contributed by atoms with E-state index in [4.69, 9.17) is 4.74 Å². The van der Waals surface area contributed by atoms with Gasteiger partial charge in [0.1, 0.15) is 17.4 Å². The Bertz CT molecular complexity index is 1590. The summed E-state index contributed by atoms with van der Waals surface area (Å²) in [6.07, 6.45) is 3.05. The first kappa shape index (κ1) is 26.6. The number of sulfonamides is 1. The molecule has 2 atom stereocenters. The lowest BCUT2D eigenvalue weighted by Crippen LogP contribution is -2.53. The lowest BCUT2D eigenvalue weighted by molar-refractivity contribution is -0.159. The fraction of sp³-hybridized carbons (Fsp3) is 0.357. The van der Waals surface area contributed by atoms with Crippen LogP contribution in [0.1, 0.15) is 24.1 Å². The molecule has 8 nitrogen and oxygen atoms in total. The van der Waals surface area contributed by atoms with Crippen LogP contribution in [-0.2, 0) is 26.0 Å². The fourth-order valence-electron chi connectivity index (χ4n) is 5.91. The molecule has 2 fully saturated rings. The third-order valence-corrected chi connectivity index (χ3v) is 9.82. The quantitative estimate of drug-likeness (QED) is 0.415. The zero-order chi connectivity index (χ0) is 28.1. The van der Waals surface area contributed by atoms with Crippen molar-refractivity contribution >= 4 is 27.8 Å². The zero-order valence-electron chi connectivity index (χ0n) is 21.5. The topological polar surface area (TPSA) is 84.7 Å². The van der Waals surface area contributed by atoms with Crippen molar-refractivity contribution in [3.8, 4) is 5.69 Å². The summed E-state index contributed by atoms with van der Waals surface area (Å²) in [4.78, 5) is 15.2. The Hall–Kier alpha value is -3.64. The number of rotatable bonds is 6. The number of benzene rings is 2. The Balaban J connectivity index is 1.34. The van der Waals surface area contributed by atoms with Crippen LogP contribution >= 0.6 is 0 Å². The van der Waals surface area contributed by atoms with Gasteiger partial charge in [0, 0.05) is 31.9 Å². The number of alkyl halides is 2. The molecule has 3 aliphatic rings. The molecule has 0 radical (unpaired) electrons. The first-order chi connectivity index (χ1) is 19.2. The van der Waals surface area contributed by atoms with Gasteiger partial charge in [-0.1, -0.05) is 6.07 Å². The van der Waals surface area contributed by atoms with Gasteiger partial charge in [-0.25, -0.2) is 26.3 Å². The minimum absolute atomic E-state index is 0.0365. The van der Waals surface area contributed by atoms with Gasteiger partial charge >= 0.3 is 5.97 Å². The summed E-state index contributed by atoms with van der Waals surface area (Å²) >= 11 is 0. The van der Waals surface area contributed by atoms with E-state index in [-0.39, 0.29) is 43.2 Å². The van der Waals surface area contributed by atoms with Gasteiger partial charge in [0.25, 0.3) is 0 Å². The number of fused-ring (bicyclic) bond motifs is 2. The molecular weight excluding hydrogens is 545 g/mol. The standard InChI is InChI=1S/C28H27F3N4O4S/c29-18-39-27(36)28-14-19-15-32-35(23-6-4-21(30)5-7-23)26(19)12-20(28)8-11-34(17-28)40(37,38)25-3-1-2-24(13-25)33-10-9-22(31)16-33/h1-7,12-13,15,22H,8-11,14,16-18H2/t22-,28+/m1/s1. The van der Waals surface area contributed by atoms with Gasteiger partial charge < -0.3 is 9.64 Å². The molecule has 2 aliphatic heterocycles.